The molecule has 0 aliphatic heterocycles. The average Bonchev–Trinajstić information content (AvgIpc) is 2.89. The normalized spacial score (nSPS) is 12.0. The monoisotopic (exact) mass is 269 g/mol. The Morgan fingerprint density at radius 1 is 1.45 bits per heavy atom. The highest BCUT2D eigenvalue weighted by Gasteiger charge is 2.11. The van der Waals surface area contributed by atoms with Crippen molar-refractivity contribution in [2.75, 3.05) is 7.11 Å². The van der Waals surface area contributed by atoms with Crippen LogP contribution < -0.4 is 0 Å². The molecule has 4 nitrogen and oxygen atoms in total. The number of oxazole rings is 1. The van der Waals surface area contributed by atoms with E-state index >= 15 is 0 Å². The molecule has 2 rings (SSSR count). The van der Waals surface area contributed by atoms with Gasteiger partial charge in [-0.3, -0.25) is 0 Å². The van der Waals surface area contributed by atoms with E-state index in [1.54, 1.807) is 24.3 Å². The lowest BCUT2D eigenvalue weighted by molar-refractivity contribution is 0.0601. The highest BCUT2D eigenvalue weighted by Crippen LogP contribution is 2.23. The molecule has 102 valence electrons. The maximum atomic E-state index is 11.5. The van der Waals surface area contributed by atoms with E-state index < -0.39 is 5.97 Å². The number of rotatable bonds is 4. The first-order valence-corrected chi connectivity index (χ1v) is 6.14. The lowest BCUT2D eigenvalue weighted by Gasteiger charge is -1.96. The molecular formula is C16H15NO3. The Morgan fingerprint density at radius 2 is 2.25 bits per heavy atom. The smallest absolute Gasteiger partial charge is 0.337 e. The Kier molecular flexibility index (Phi) is 4.15. The Balaban J connectivity index is 2.45. The molecule has 0 atom stereocenters. The van der Waals surface area contributed by atoms with Crippen LogP contribution in [0.3, 0.4) is 0 Å². The van der Waals surface area contributed by atoms with Gasteiger partial charge in [-0.2, -0.15) is 0 Å². The van der Waals surface area contributed by atoms with Crippen LogP contribution in [0.2, 0.25) is 0 Å². The number of carbonyl (C=O) groups is 1. The number of hydrogen-bond acceptors (Lipinski definition) is 4. The maximum absolute atomic E-state index is 11.5. The molecule has 0 aliphatic rings. The minimum Gasteiger partial charge on any atom is -0.465 e. The number of methoxy groups -OCH3 is 1. The van der Waals surface area contributed by atoms with Crippen molar-refractivity contribution in [2.45, 2.75) is 6.92 Å². The number of hydrogen-bond donors (Lipinski definition) is 0. The minimum atomic E-state index is -0.394. The van der Waals surface area contributed by atoms with Crippen LogP contribution in [0.15, 0.2) is 53.5 Å². The number of nitrogens with zero attached hydrogens (tertiary/aromatic N) is 1. The van der Waals surface area contributed by atoms with Gasteiger partial charge in [0.1, 0.15) is 5.52 Å². The molecule has 0 aliphatic carbocycles. The van der Waals surface area contributed by atoms with Crippen LogP contribution in [0.25, 0.3) is 16.7 Å². The second-order valence-corrected chi connectivity index (χ2v) is 4.03. The molecule has 20 heavy (non-hydrogen) atoms. The van der Waals surface area contributed by atoms with E-state index in [1.165, 1.54) is 7.11 Å². The van der Waals surface area contributed by atoms with Crippen molar-refractivity contribution >= 4 is 22.6 Å². The number of esters is 1. The van der Waals surface area contributed by atoms with Gasteiger partial charge < -0.3 is 9.15 Å². The zero-order valence-electron chi connectivity index (χ0n) is 11.4. The summed E-state index contributed by atoms with van der Waals surface area (Å²) in [7, 11) is 1.35. The lowest BCUT2D eigenvalue weighted by Crippen LogP contribution is -2.00. The maximum Gasteiger partial charge on any atom is 0.337 e. The first kappa shape index (κ1) is 13.8. The lowest BCUT2D eigenvalue weighted by atomic mass is 10.2. The molecule has 0 radical (unpaired) electrons. The van der Waals surface area contributed by atoms with Crippen molar-refractivity contribution in [2.24, 2.45) is 0 Å². The summed E-state index contributed by atoms with van der Waals surface area (Å²) < 4.78 is 10.4. The van der Waals surface area contributed by atoms with E-state index in [9.17, 15) is 4.79 Å². The van der Waals surface area contributed by atoms with Gasteiger partial charge in [0.25, 0.3) is 0 Å². The predicted octanol–water partition coefficient (Wildman–Crippen LogP) is 3.76. The first-order valence-electron chi connectivity index (χ1n) is 6.14. The molecule has 0 N–H and O–H groups in total. The molecular weight excluding hydrogens is 254 g/mol. The second kappa shape index (κ2) is 6.02. The summed E-state index contributed by atoms with van der Waals surface area (Å²) in [5.41, 5.74) is 2.54. The fraction of sp³-hybridized carbons (Fsp3) is 0.125. The van der Waals surface area contributed by atoms with Crippen molar-refractivity contribution in [1.82, 2.24) is 4.98 Å². The third-order valence-corrected chi connectivity index (χ3v) is 2.78. The highest BCUT2D eigenvalue weighted by molar-refractivity contribution is 5.93. The molecule has 2 aromatic rings. The molecule has 0 bridgehead atoms. The fourth-order valence-electron chi connectivity index (χ4n) is 1.76. The molecule has 0 amide bonds. The summed E-state index contributed by atoms with van der Waals surface area (Å²) >= 11 is 0. The van der Waals surface area contributed by atoms with Gasteiger partial charge >= 0.3 is 5.97 Å². The largest absolute Gasteiger partial charge is 0.465 e. The van der Waals surface area contributed by atoms with Crippen molar-refractivity contribution in [3.8, 4) is 0 Å². The highest BCUT2D eigenvalue weighted by atomic mass is 16.5. The van der Waals surface area contributed by atoms with E-state index in [2.05, 4.69) is 16.3 Å². The SMILES string of the molecule is C=C/C=C\C(=C/C)c1nc2cc(C(=O)OC)ccc2o1. The molecule has 0 unspecified atom stereocenters. The minimum absolute atomic E-state index is 0.394. The van der Waals surface area contributed by atoms with E-state index in [0.717, 1.165) is 5.57 Å². The summed E-state index contributed by atoms with van der Waals surface area (Å²) in [5, 5.41) is 0. The van der Waals surface area contributed by atoms with Gasteiger partial charge in [0.2, 0.25) is 5.89 Å². The first-order chi connectivity index (χ1) is 9.69. The predicted molar refractivity (Wildman–Crippen MR) is 78.3 cm³/mol. The zero-order chi connectivity index (χ0) is 14.5. The molecule has 0 saturated heterocycles. The number of fused-ring (bicyclic) bond motifs is 1. The molecule has 0 spiro atoms. The Morgan fingerprint density at radius 3 is 2.90 bits per heavy atom. The van der Waals surface area contributed by atoms with Crippen molar-refractivity contribution < 1.29 is 13.9 Å². The van der Waals surface area contributed by atoms with Gasteiger partial charge in [-0.25, -0.2) is 9.78 Å². The molecule has 1 heterocycles. The Bertz CT molecular complexity index is 708. The molecule has 1 aromatic heterocycles. The van der Waals surface area contributed by atoms with Gasteiger partial charge in [-0.15, -0.1) is 0 Å². The van der Waals surface area contributed by atoms with Gasteiger partial charge in [-0.1, -0.05) is 24.8 Å². The zero-order valence-corrected chi connectivity index (χ0v) is 11.4. The number of ether oxygens (including phenoxy) is 1. The van der Waals surface area contributed by atoms with Crippen molar-refractivity contribution in [3.05, 3.63) is 60.5 Å². The number of benzene rings is 1. The number of carbonyl (C=O) groups excluding carboxylic acids is 1. The van der Waals surface area contributed by atoms with Gasteiger partial charge in [0.15, 0.2) is 5.58 Å². The van der Waals surface area contributed by atoms with Crippen LogP contribution in [0.1, 0.15) is 23.2 Å². The molecule has 4 heteroatoms. The fourth-order valence-corrected chi connectivity index (χ4v) is 1.76. The van der Waals surface area contributed by atoms with Crippen LogP contribution in [-0.2, 0) is 4.74 Å². The molecule has 1 aromatic carbocycles. The van der Waals surface area contributed by atoms with E-state index in [0.29, 0.717) is 22.6 Å². The van der Waals surface area contributed by atoms with Crippen LogP contribution in [0.4, 0.5) is 0 Å². The summed E-state index contributed by atoms with van der Waals surface area (Å²) in [6, 6.07) is 5.01. The molecule has 0 fully saturated rings. The van der Waals surface area contributed by atoms with Crippen molar-refractivity contribution in [3.63, 3.8) is 0 Å². The molecule has 0 saturated carbocycles. The topological polar surface area (TPSA) is 52.3 Å². The quantitative estimate of drug-likeness (QED) is 0.626. The standard InChI is InChI=1S/C16H15NO3/c1-4-6-7-11(5-2)15-17-13-10-12(16(18)19-3)8-9-14(13)20-15/h4-10H,1H2,2-3H3/b7-6-,11-5+. The van der Waals surface area contributed by atoms with Crippen molar-refractivity contribution in [1.29, 1.82) is 0 Å². The van der Waals surface area contributed by atoms with Gasteiger partial charge in [0.05, 0.1) is 12.7 Å². The average molecular weight is 269 g/mol. The summed E-state index contributed by atoms with van der Waals surface area (Å²) in [4.78, 5) is 15.9. The van der Waals surface area contributed by atoms with Crippen LogP contribution in [0, 0.1) is 0 Å². The van der Waals surface area contributed by atoms with Gasteiger partial charge in [-0.05, 0) is 31.2 Å². The Labute approximate surface area is 117 Å². The Hall–Kier alpha value is -2.62. The van der Waals surface area contributed by atoms with Gasteiger partial charge in [0, 0.05) is 5.57 Å². The van der Waals surface area contributed by atoms with E-state index in [1.807, 2.05) is 25.2 Å². The van der Waals surface area contributed by atoms with E-state index in [-0.39, 0.29) is 0 Å². The van der Waals surface area contributed by atoms with Crippen LogP contribution >= 0.6 is 0 Å². The third kappa shape index (κ3) is 2.69. The number of allylic oxidation sites excluding steroid dienone is 5. The van der Waals surface area contributed by atoms with Crippen LogP contribution in [0.5, 0.6) is 0 Å². The van der Waals surface area contributed by atoms with E-state index in [4.69, 9.17) is 4.42 Å². The number of aromatic nitrogens is 1. The summed E-state index contributed by atoms with van der Waals surface area (Å²) in [5.74, 6) is 0.108. The third-order valence-electron chi connectivity index (χ3n) is 2.78. The summed E-state index contributed by atoms with van der Waals surface area (Å²) in [6.45, 7) is 5.53. The van der Waals surface area contributed by atoms with Crippen LogP contribution in [-0.4, -0.2) is 18.1 Å². The summed E-state index contributed by atoms with van der Waals surface area (Å²) in [6.07, 6.45) is 7.25. The second-order valence-electron chi connectivity index (χ2n) is 4.03.